The second-order valence-electron chi connectivity index (χ2n) is 21.6. The summed E-state index contributed by atoms with van der Waals surface area (Å²) < 4.78 is 16.9. The first-order chi connectivity index (χ1) is 39.0. The first kappa shape index (κ1) is 74.8. The molecule has 0 aliphatic heterocycles. The highest BCUT2D eigenvalue weighted by atomic mass is 16.6. The minimum atomic E-state index is -0.795. The van der Waals surface area contributed by atoms with Crippen LogP contribution in [0, 0.1) is 0 Å². The molecule has 0 radical (unpaired) electrons. The Labute approximate surface area is 488 Å². The zero-order chi connectivity index (χ0) is 57.1. The van der Waals surface area contributed by atoms with E-state index in [1.807, 2.05) is 0 Å². The van der Waals surface area contributed by atoms with E-state index in [0.29, 0.717) is 19.3 Å². The Morgan fingerprint density at radius 2 is 0.494 bits per heavy atom. The lowest BCUT2D eigenvalue weighted by atomic mass is 10.1. The summed E-state index contributed by atoms with van der Waals surface area (Å²) in [5.41, 5.74) is 0. The molecule has 0 aromatic rings. The van der Waals surface area contributed by atoms with Crippen LogP contribution in [0.25, 0.3) is 0 Å². The summed E-state index contributed by atoms with van der Waals surface area (Å²) in [6, 6.07) is 0. The van der Waals surface area contributed by atoms with Crippen molar-refractivity contribution in [2.45, 2.75) is 309 Å². The third-order valence-corrected chi connectivity index (χ3v) is 13.9. The molecule has 0 rings (SSSR count). The van der Waals surface area contributed by atoms with Crippen LogP contribution in [0.15, 0.2) is 122 Å². The highest BCUT2D eigenvalue weighted by Crippen LogP contribution is 2.16. The predicted molar refractivity (Wildman–Crippen MR) is 343 cm³/mol. The van der Waals surface area contributed by atoms with E-state index < -0.39 is 6.10 Å². The van der Waals surface area contributed by atoms with Gasteiger partial charge in [0.15, 0.2) is 6.10 Å². The largest absolute Gasteiger partial charge is 0.462 e. The number of carbonyl (C=O) groups excluding carboxylic acids is 3. The van der Waals surface area contributed by atoms with Crippen molar-refractivity contribution in [1.82, 2.24) is 0 Å². The highest BCUT2D eigenvalue weighted by molar-refractivity contribution is 5.71. The fourth-order valence-corrected chi connectivity index (χ4v) is 9.04. The number of ether oxygens (including phenoxy) is 3. The Morgan fingerprint density at radius 3 is 0.785 bits per heavy atom. The summed E-state index contributed by atoms with van der Waals surface area (Å²) >= 11 is 0. The van der Waals surface area contributed by atoms with Crippen LogP contribution < -0.4 is 0 Å². The lowest BCUT2D eigenvalue weighted by molar-refractivity contribution is -0.167. The van der Waals surface area contributed by atoms with E-state index in [9.17, 15) is 14.4 Å². The Kier molecular flexibility index (Phi) is 62.8. The predicted octanol–water partition coefficient (Wildman–Crippen LogP) is 22.8. The van der Waals surface area contributed by atoms with Gasteiger partial charge in [-0.2, -0.15) is 0 Å². The fourth-order valence-electron chi connectivity index (χ4n) is 9.04. The normalized spacial score (nSPS) is 12.9. The topological polar surface area (TPSA) is 78.9 Å². The van der Waals surface area contributed by atoms with Crippen LogP contribution in [0.3, 0.4) is 0 Å². The molecular formula is C73H122O6. The van der Waals surface area contributed by atoms with Gasteiger partial charge >= 0.3 is 17.9 Å². The van der Waals surface area contributed by atoms with Gasteiger partial charge in [-0.1, -0.05) is 277 Å². The molecule has 0 N–H and O–H groups in total. The van der Waals surface area contributed by atoms with Gasteiger partial charge in [-0.05, 0) is 128 Å². The average Bonchev–Trinajstić information content (AvgIpc) is 3.45. The van der Waals surface area contributed by atoms with E-state index in [-0.39, 0.29) is 31.1 Å². The van der Waals surface area contributed by atoms with Gasteiger partial charge in [0.2, 0.25) is 0 Å². The van der Waals surface area contributed by atoms with Crippen molar-refractivity contribution in [2.24, 2.45) is 0 Å². The third kappa shape index (κ3) is 64.5. The molecule has 0 spiro atoms. The summed E-state index contributed by atoms with van der Waals surface area (Å²) in [5, 5.41) is 0. The first-order valence-electron chi connectivity index (χ1n) is 33.0. The summed E-state index contributed by atoms with van der Waals surface area (Å²) in [6.07, 6.45) is 92.0. The molecule has 6 nitrogen and oxygen atoms in total. The molecule has 0 amide bonds. The molecular weight excluding hydrogens is 973 g/mol. The average molecular weight is 1100 g/mol. The van der Waals surface area contributed by atoms with Crippen LogP contribution in [0.5, 0.6) is 0 Å². The second-order valence-corrected chi connectivity index (χ2v) is 21.6. The SMILES string of the molecule is CC/C=C\C/C=C\C/C=C\C/C=C\C/C=C\C/C=C\CCCCCCCCC(=O)OCC(COC(=O)CCCCCCCCC/C=C\C/C=C\C/C=C\CC)OC(=O)CCCCCCCCCCC/C=C\CCCCCCCC. The van der Waals surface area contributed by atoms with Gasteiger partial charge < -0.3 is 14.2 Å². The zero-order valence-electron chi connectivity index (χ0n) is 51.6. The van der Waals surface area contributed by atoms with Crippen LogP contribution in [0.4, 0.5) is 0 Å². The van der Waals surface area contributed by atoms with Crippen molar-refractivity contribution in [3.63, 3.8) is 0 Å². The molecule has 1 atom stereocenters. The molecule has 450 valence electrons. The standard InChI is InChI=1S/C73H122O6/c1-4-7-10-13-16-19-22-25-28-31-33-34-35-36-37-38-40-42-45-48-51-54-57-60-63-66-72(75)78-69-70(68-77-71(74)65-62-59-56-53-50-47-44-41-30-27-24-21-18-15-12-9-6-3)79-73(76)67-64-61-58-55-52-49-46-43-39-32-29-26-23-20-17-14-11-8-5-2/h7,9-10,12,16,18-19,21,25-30,33-34,36-37,40,42,70H,4-6,8,11,13-15,17,20,22-24,31-32,35,38-39,41,43-69H2,1-3H3/b10-7-,12-9-,19-16-,21-18-,28-25-,29-26-,30-27-,34-33-,37-36-,42-40-. The molecule has 79 heavy (non-hydrogen) atoms. The Bertz CT molecular complexity index is 1640. The Hall–Kier alpha value is -4.19. The van der Waals surface area contributed by atoms with E-state index in [1.165, 1.54) is 128 Å². The fraction of sp³-hybridized carbons (Fsp3) is 0.685. The summed E-state index contributed by atoms with van der Waals surface area (Å²) in [7, 11) is 0. The van der Waals surface area contributed by atoms with Crippen LogP contribution >= 0.6 is 0 Å². The number of carbonyl (C=O) groups is 3. The molecule has 0 aliphatic rings. The van der Waals surface area contributed by atoms with Crippen LogP contribution in [0.1, 0.15) is 303 Å². The van der Waals surface area contributed by atoms with Gasteiger partial charge in [0.25, 0.3) is 0 Å². The van der Waals surface area contributed by atoms with Crippen molar-refractivity contribution in [1.29, 1.82) is 0 Å². The van der Waals surface area contributed by atoms with Crippen molar-refractivity contribution in [2.75, 3.05) is 13.2 Å². The molecule has 0 aromatic heterocycles. The van der Waals surface area contributed by atoms with Crippen molar-refractivity contribution in [3.05, 3.63) is 122 Å². The number of rotatable bonds is 59. The molecule has 0 bridgehead atoms. The molecule has 0 fully saturated rings. The lowest BCUT2D eigenvalue weighted by Crippen LogP contribution is -2.30. The van der Waals surface area contributed by atoms with Crippen molar-refractivity contribution >= 4 is 17.9 Å². The van der Waals surface area contributed by atoms with Crippen molar-refractivity contribution < 1.29 is 28.6 Å². The zero-order valence-corrected chi connectivity index (χ0v) is 51.6. The molecule has 1 unspecified atom stereocenters. The molecule has 6 heteroatoms. The maximum atomic E-state index is 12.9. The lowest BCUT2D eigenvalue weighted by Gasteiger charge is -2.18. The van der Waals surface area contributed by atoms with Crippen LogP contribution in [0.2, 0.25) is 0 Å². The third-order valence-electron chi connectivity index (χ3n) is 13.9. The van der Waals surface area contributed by atoms with Gasteiger partial charge in [-0.25, -0.2) is 0 Å². The van der Waals surface area contributed by atoms with Crippen molar-refractivity contribution in [3.8, 4) is 0 Å². The van der Waals surface area contributed by atoms with E-state index >= 15 is 0 Å². The monoisotopic (exact) mass is 1090 g/mol. The first-order valence-corrected chi connectivity index (χ1v) is 33.0. The summed E-state index contributed by atoms with van der Waals surface area (Å²) in [5.74, 6) is -0.909. The van der Waals surface area contributed by atoms with Gasteiger partial charge in [0.1, 0.15) is 13.2 Å². The highest BCUT2D eigenvalue weighted by Gasteiger charge is 2.19. The molecule has 0 saturated carbocycles. The van der Waals surface area contributed by atoms with Gasteiger partial charge in [-0.15, -0.1) is 0 Å². The summed E-state index contributed by atoms with van der Waals surface area (Å²) in [4.78, 5) is 38.4. The quantitative estimate of drug-likeness (QED) is 0.0261. The minimum Gasteiger partial charge on any atom is -0.462 e. The Morgan fingerprint density at radius 1 is 0.266 bits per heavy atom. The maximum absolute atomic E-state index is 12.9. The van der Waals surface area contributed by atoms with Crippen LogP contribution in [-0.4, -0.2) is 37.2 Å². The second kappa shape index (κ2) is 66.3. The van der Waals surface area contributed by atoms with E-state index in [4.69, 9.17) is 14.2 Å². The number of unbranched alkanes of at least 4 members (excludes halogenated alkanes) is 28. The molecule has 0 aromatic carbocycles. The van der Waals surface area contributed by atoms with Gasteiger partial charge in [-0.3, -0.25) is 14.4 Å². The molecule has 0 aliphatic carbocycles. The molecule has 0 saturated heterocycles. The molecule has 0 heterocycles. The van der Waals surface area contributed by atoms with Gasteiger partial charge in [0.05, 0.1) is 0 Å². The van der Waals surface area contributed by atoms with E-state index in [0.717, 1.165) is 135 Å². The minimum absolute atomic E-state index is 0.0903. The summed E-state index contributed by atoms with van der Waals surface area (Å²) in [6.45, 7) is 6.41. The van der Waals surface area contributed by atoms with Crippen LogP contribution in [-0.2, 0) is 28.6 Å². The van der Waals surface area contributed by atoms with Gasteiger partial charge in [0, 0.05) is 19.3 Å². The number of hydrogen-bond acceptors (Lipinski definition) is 6. The number of esters is 3. The van der Waals surface area contributed by atoms with E-state index in [2.05, 4.69) is 142 Å². The number of allylic oxidation sites excluding steroid dienone is 20. The maximum Gasteiger partial charge on any atom is 0.306 e. The Balaban J connectivity index is 4.42. The smallest absolute Gasteiger partial charge is 0.306 e. The van der Waals surface area contributed by atoms with E-state index in [1.54, 1.807) is 0 Å². The number of hydrogen-bond donors (Lipinski definition) is 0.